The standard InChI is InChI=1S/C18H19N5O2S/c1-2-12-3-4-13-15(11-12)26-18(19-13)23-9-7-22(8-10-23)17(25)14-5-6-16(24)21-20-14/h3-6,11H,2,7-10H2,1H3,(H,21,24). The molecule has 4 rings (SSSR count). The van der Waals surface area contributed by atoms with Crippen LogP contribution in [-0.4, -0.2) is 52.2 Å². The Hall–Kier alpha value is -2.74. The first kappa shape index (κ1) is 16.7. The first-order valence-electron chi connectivity index (χ1n) is 8.63. The third-order valence-corrected chi connectivity index (χ3v) is 5.66. The minimum atomic E-state index is -0.312. The summed E-state index contributed by atoms with van der Waals surface area (Å²) in [6, 6.07) is 9.20. The van der Waals surface area contributed by atoms with Gasteiger partial charge in [0.15, 0.2) is 5.13 Å². The molecule has 26 heavy (non-hydrogen) atoms. The summed E-state index contributed by atoms with van der Waals surface area (Å²) in [5, 5.41) is 7.13. The first-order chi connectivity index (χ1) is 12.6. The zero-order valence-corrected chi connectivity index (χ0v) is 15.3. The van der Waals surface area contributed by atoms with Gasteiger partial charge in [0.25, 0.3) is 11.5 Å². The molecule has 7 nitrogen and oxygen atoms in total. The zero-order valence-electron chi connectivity index (χ0n) is 14.4. The van der Waals surface area contributed by atoms with Gasteiger partial charge in [-0.15, -0.1) is 0 Å². The van der Waals surface area contributed by atoms with Gasteiger partial charge in [-0.2, -0.15) is 5.10 Å². The molecule has 0 aliphatic carbocycles. The quantitative estimate of drug-likeness (QED) is 0.763. The molecule has 134 valence electrons. The first-order valence-corrected chi connectivity index (χ1v) is 9.45. The monoisotopic (exact) mass is 369 g/mol. The molecule has 3 heterocycles. The van der Waals surface area contributed by atoms with E-state index in [1.54, 1.807) is 16.2 Å². The molecule has 1 aliphatic rings. The molecule has 0 spiro atoms. The summed E-state index contributed by atoms with van der Waals surface area (Å²) >= 11 is 1.70. The molecule has 0 unspecified atom stereocenters. The Morgan fingerprint density at radius 3 is 2.69 bits per heavy atom. The highest BCUT2D eigenvalue weighted by atomic mass is 32.1. The van der Waals surface area contributed by atoms with E-state index in [2.05, 4.69) is 40.2 Å². The summed E-state index contributed by atoms with van der Waals surface area (Å²) in [4.78, 5) is 32.3. The maximum Gasteiger partial charge on any atom is 0.274 e. The number of thiazole rings is 1. The number of carbonyl (C=O) groups excluding carboxylic acids is 1. The predicted octanol–water partition coefficient (Wildman–Crippen LogP) is 1.90. The Morgan fingerprint density at radius 2 is 2.00 bits per heavy atom. The molecule has 1 amide bonds. The number of amides is 1. The average Bonchev–Trinajstić information content (AvgIpc) is 3.11. The van der Waals surface area contributed by atoms with Crippen LogP contribution in [0.25, 0.3) is 10.2 Å². The maximum atomic E-state index is 12.5. The normalized spacial score (nSPS) is 14.8. The summed E-state index contributed by atoms with van der Waals surface area (Å²) in [6.07, 6.45) is 1.02. The number of hydrogen-bond donors (Lipinski definition) is 1. The van der Waals surface area contributed by atoms with Gasteiger partial charge in [-0.3, -0.25) is 9.59 Å². The fraction of sp³-hybridized carbons (Fsp3) is 0.333. The molecule has 1 saturated heterocycles. The number of fused-ring (bicyclic) bond motifs is 1. The van der Waals surface area contributed by atoms with Crippen LogP contribution in [0, 0.1) is 0 Å². The lowest BCUT2D eigenvalue weighted by Gasteiger charge is -2.34. The Balaban J connectivity index is 1.45. The van der Waals surface area contributed by atoms with Crippen LogP contribution in [0.2, 0.25) is 0 Å². The van der Waals surface area contributed by atoms with E-state index in [-0.39, 0.29) is 17.2 Å². The summed E-state index contributed by atoms with van der Waals surface area (Å²) in [5.74, 6) is -0.155. The molecular weight excluding hydrogens is 350 g/mol. The van der Waals surface area contributed by atoms with Crippen molar-refractivity contribution in [1.82, 2.24) is 20.1 Å². The van der Waals surface area contributed by atoms with E-state index in [0.29, 0.717) is 13.1 Å². The van der Waals surface area contributed by atoms with Gasteiger partial charge >= 0.3 is 0 Å². The highest BCUT2D eigenvalue weighted by Crippen LogP contribution is 2.30. The van der Waals surface area contributed by atoms with Crippen molar-refractivity contribution in [3.8, 4) is 0 Å². The van der Waals surface area contributed by atoms with Crippen LogP contribution in [0.5, 0.6) is 0 Å². The van der Waals surface area contributed by atoms with E-state index in [0.717, 1.165) is 30.2 Å². The molecule has 8 heteroatoms. The van der Waals surface area contributed by atoms with Crippen molar-refractivity contribution in [2.24, 2.45) is 0 Å². The second-order valence-electron chi connectivity index (χ2n) is 6.24. The molecule has 0 atom stereocenters. The van der Waals surface area contributed by atoms with Crippen LogP contribution in [0.15, 0.2) is 35.1 Å². The topological polar surface area (TPSA) is 82.2 Å². The van der Waals surface area contributed by atoms with Crippen molar-refractivity contribution < 1.29 is 4.79 Å². The molecular formula is C18H19N5O2S. The number of carbonyl (C=O) groups is 1. The minimum Gasteiger partial charge on any atom is -0.345 e. The zero-order chi connectivity index (χ0) is 18.1. The van der Waals surface area contributed by atoms with E-state index in [9.17, 15) is 9.59 Å². The number of aryl methyl sites for hydroxylation is 1. The lowest BCUT2D eigenvalue weighted by Crippen LogP contribution is -2.49. The second-order valence-corrected chi connectivity index (χ2v) is 7.25. The van der Waals surface area contributed by atoms with E-state index in [1.807, 2.05) is 0 Å². The molecule has 0 bridgehead atoms. The van der Waals surface area contributed by atoms with Gasteiger partial charge in [0.2, 0.25) is 0 Å². The number of rotatable bonds is 3. The number of hydrogen-bond acceptors (Lipinski definition) is 6. The fourth-order valence-electron chi connectivity index (χ4n) is 3.04. The summed E-state index contributed by atoms with van der Waals surface area (Å²) in [6.45, 7) is 4.83. The number of nitrogens with one attached hydrogen (secondary N) is 1. The van der Waals surface area contributed by atoms with Gasteiger partial charge in [0.1, 0.15) is 5.69 Å². The number of aromatic nitrogens is 3. The molecule has 1 fully saturated rings. The lowest BCUT2D eigenvalue weighted by molar-refractivity contribution is 0.0739. The van der Waals surface area contributed by atoms with Gasteiger partial charge < -0.3 is 9.80 Å². The number of nitrogens with zero attached hydrogens (tertiary/aromatic N) is 4. The number of H-pyrrole nitrogens is 1. The smallest absolute Gasteiger partial charge is 0.274 e. The van der Waals surface area contributed by atoms with Gasteiger partial charge in [-0.05, 0) is 30.2 Å². The summed E-state index contributed by atoms with van der Waals surface area (Å²) in [5.41, 5.74) is 2.30. The molecule has 1 N–H and O–H groups in total. The van der Waals surface area contributed by atoms with Crippen molar-refractivity contribution in [2.45, 2.75) is 13.3 Å². The highest BCUT2D eigenvalue weighted by molar-refractivity contribution is 7.22. The Labute approximate surface area is 154 Å². The van der Waals surface area contributed by atoms with Crippen molar-refractivity contribution >= 4 is 32.6 Å². The van der Waals surface area contributed by atoms with Gasteiger partial charge in [0.05, 0.1) is 10.2 Å². The largest absolute Gasteiger partial charge is 0.345 e. The van der Waals surface area contributed by atoms with Crippen molar-refractivity contribution in [1.29, 1.82) is 0 Å². The van der Waals surface area contributed by atoms with Crippen LogP contribution >= 0.6 is 11.3 Å². The number of benzene rings is 1. The van der Waals surface area contributed by atoms with Gasteiger partial charge in [-0.1, -0.05) is 24.3 Å². The average molecular weight is 369 g/mol. The minimum absolute atomic E-state index is 0.155. The van der Waals surface area contributed by atoms with Crippen LogP contribution in [-0.2, 0) is 6.42 Å². The predicted molar refractivity (Wildman–Crippen MR) is 102 cm³/mol. The van der Waals surface area contributed by atoms with E-state index in [4.69, 9.17) is 4.98 Å². The molecule has 0 radical (unpaired) electrons. The van der Waals surface area contributed by atoms with Crippen molar-refractivity contribution in [2.75, 3.05) is 31.1 Å². The number of anilines is 1. The fourth-order valence-corrected chi connectivity index (χ4v) is 4.12. The summed E-state index contributed by atoms with van der Waals surface area (Å²) in [7, 11) is 0. The molecule has 0 saturated carbocycles. The SMILES string of the molecule is CCc1ccc2nc(N3CCN(C(=O)c4ccc(=O)[nH]n4)CC3)sc2c1. The lowest BCUT2D eigenvalue weighted by atomic mass is 10.2. The van der Waals surface area contributed by atoms with Crippen LogP contribution in [0.4, 0.5) is 5.13 Å². The third kappa shape index (κ3) is 3.20. The van der Waals surface area contributed by atoms with Gasteiger partial charge in [-0.25, -0.2) is 10.1 Å². The Morgan fingerprint density at radius 1 is 1.19 bits per heavy atom. The molecule has 3 aromatic rings. The van der Waals surface area contributed by atoms with Crippen LogP contribution in [0.3, 0.4) is 0 Å². The molecule has 1 aromatic carbocycles. The Kier molecular flexibility index (Phi) is 4.42. The van der Waals surface area contributed by atoms with E-state index < -0.39 is 0 Å². The third-order valence-electron chi connectivity index (χ3n) is 4.59. The second kappa shape index (κ2) is 6.87. The Bertz CT molecular complexity index is 984. The molecule has 2 aromatic heterocycles. The number of piperazine rings is 1. The maximum absolute atomic E-state index is 12.5. The van der Waals surface area contributed by atoms with Crippen molar-refractivity contribution in [3.05, 3.63) is 51.9 Å². The van der Waals surface area contributed by atoms with E-state index in [1.165, 1.54) is 22.4 Å². The van der Waals surface area contributed by atoms with Crippen molar-refractivity contribution in [3.63, 3.8) is 0 Å². The number of aromatic amines is 1. The van der Waals surface area contributed by atoms with Crippen LogP contribution in [0.1, 0.15) is 23.0 Å². The van der Waals surface area contributed by atoms with Gasteiger partial charge in [0, 0.05) is 32.2 Å². The highest BCUT2D eigenvalue weighted by Gasteiger charge is 2.24. The summed E-state index contributed by atoms with van der Waals surface area (Å²) < 4.78 is 1.20. The van der Waals surface area contributed by atoms with Crippen LogP contribution < -0.4 is 10.5 Å². The molecule has 1 aliphatic heterocycles. The van der Waals surface area contributed by atoms with E-state index >= 15 is 0 Å².